The molecule has 1 N–H and O–H groups in total. The van der Waals surface area contributed by atoms with Gasteiger partial charge >= 0.3 is 0 Å². The van der Waals surface area contributed by atoms with Crippen LogP contribution in [0.1, 0.15) is 22.5 Å². The highest BCUT2D eigenvalue weighted by Crippen LogP contribution is 2.29. The Morgan fingerprint density at radius 3 is 2.71 bits per heavy atom. The number of thiazole rings is 1. The largest absolute Gasteiger partial charge is 0.302 e. The van der Waals surface area contributed by atoms with E-state index in [9.17, 15) is 4.79 Å². The van der Waals surface area contributed by atoms with Crippen molar-refractivity contribution in [2.24, 2.45) is 0 Å². The summed E-state index contributed by atoms with van der Waals surface area (Å²) in [5.74, 6) is 0.928. The fourth-order valence-electron chi connectivity index (χ4n) is 2.78. The standard InChI is InChI=1S/C20H23N5OS2/c1-6-7-25-15(5)23-24-20(25)28-11-18(26)22-19-21-17(10-27-19)16-9-13(3)12(2)8-14(16)4/h6,8-10H,1,7,11H2,2-5H3,(H,21,22,26). The zero-order chi connectivity index (χ0) is 20.3. The van der Waals surface area contributed by atoms with Gasteiger partial charge in [0.25, 0.3) is 0 Å². The summed E-state index contributed by atoms with van der Waals surface area (Å²) in [5, 5.41) is 14.3. The van der Waals surface area contributed by atoms with Crippen LogP contribution in [0.4, 0.5) is 5.13 Å². The molecule has 0 atom stereocenters. The molecule has 1 aromatic carbocycles. The average Bonchev–Trinajstić information content (AvgIpc) is 3.24. The summed E-state index contributed by atoms with van der Waals surface area (Å²) >= 11 is 2.78. The van der Waals surface area contributed by atoms with Crippen molar-refractivity contribution in [2.75, 3.05) is 11.1 Å². The zero-order valence-electron chi connectivity index (χ0n) is 16.4. The van der Waals surface area contributed by atoms with Gasteiger partial charge in [0.1, 0.15) is 5.82 Å². The normalized spacial score (nSPS) is 10.9. The second-order valence-corrected chi connectivity index (χ2v) is 8.36. The zero-order valence-corrected chi connectivity index (χ0v) is 18.1. The quantitative estimate of drug-likeness (QED) is 0.454. The molecule has 0 bridgehead atoms. The van der Waals surface area contributed by atoms with Crippen LogP contribution in [0.2, 0.25) is 0 Å². The Labute approximate surface area is 173 Å². The maximum absolute atomic E-state index is 12.3. The van der Waals surface area contributed by atoms with Gasteiger partial charge in [0, 0.05) is 17.5 Å². The fraction of sp³-hybridized carbons (Fsp3) is 0.300. The molecule has 0 aliphatic rings. The van der Waals surface area contributed by atoms with E-state index in [-0.39, 0.29) is 11.7 Å². The number of carbonyl (C=O) groups is 1. The predicted octanol–water partition coefficient (Wildman–Crippen LogP) is 4.55. The van der Waals surface area contributed by atoms with Gasteiger partial charge in [-0.2, -0.15) is 0 Å². The predicted molar refractivity (Wildman–Crippen MR) is 116 cm³/mol. The van der Waals surface area contributed by atoms with Crippen LogP contribution >= 0.6 is 23.1 Å². The lowest BCUT2D eigenvalue weighted by molar-refractivity contribution is -0.113. The van der Waals surface area contributed by atoms with E-state index in [0.717, 1.165) is 17.1 Å². The summed E-state index contributed by atoms with van der Waals surface area (Å²) in [5.41, 5.74) is 5.66. The Hall–Kier alpha value is -2.45. The second-order valence-electron chi connectivity index (χ2n) is 6.56. The molecule has 3 aromatic rings. The number of nitrogens with one attached hydrogen (secondary N) is 1. The first-order valence-electron chi connectivity index (χ1n) is 8.86. The number of amides is 1. The third-order valence-corrected chi connectivity index (χ3v) is 6.14. The highest BCUT2D eigenvalue weighted by Gasteiger charge is 2.13. The molecule has 0 aliphatic carbocycles. The first-order chi connectivity index (χ1) is 13.4. The van der Waals surface area contributed by atoms with Crippen LogP contribution in [0.25, 0.3) is 11.3 Å². The third kappa shape index (κ3) is 4.51. The van der Waals surface area contributed by atoms with Gasteiger partial charge in [-0.1, -0.05) is 23.9 Å². The van der Waals surface area contributed by atoms with Crippen molar-refractivity contribution in [1.29, 1.82) is 0 Å². The summed E-state index contributed by atoms with van der Waals surface area (Å²) in [7, 11) is 0. The summed E-state index contributed by atoms with van der Waals surface area (Å²) in [4.78, 5) is 16.9. The first-order valence-corrected chi connectivity index (χ1v) is 10.7. The highest BCUT2D eigenvalue weighted by molar-refractivity contribution is 7.99. The van der Waals surface area contributed by atoms with E-state index < -0.39 is 0 Å². The molecule has 0 aliphatic heterocycles. The summed E-state index contributed by atoms with van der Waals surface area (Å²) in [6.07, 6.45) is 1.78. The van der Waals surface area contributed by atoms with E-state index in [1.165, 1.54) is 39.8 Å². The van der Waals surface area contributed by atoms with Crippen molar-refractivity contribution in [3.8, 4) is 11.3 Å². The SMILES string of the molecule is C=CCn1c(C)nnc1SCC(=O)Nc1nc(-c2cc(C)c(C)cc2C)cs1. The van der Waals surface area contributed by atoms with Crippen molar-refractivity contribution in [3.63, 3.8) is 0 Å². The van der Waals surface area contributed by atoms with Crippen molar-refractivity contribution < 1.29 is 4.79 Å². The van der Waals surface area contributed by atoms with E-state index in [0.29, 0.717) is 16.8 Å². The van der Waals surface area contributed by atoms with Crippen molar-refractivity contribution in [3.05, 3.63) is 52.7 Å². The molecule has 0 unspecified atom stereocenters. The Morgan fingerprint density at radius 2 is 1.96 bits per heavy atom. The minimum absolute atomic E-state index is 0.117. The number of hydrogen-bond acceptors (Lipinski definition) is 6. The molecular formula is C20H23N5OS2. The van der Waals surface area contributed by atoms with E-state index in [1.54, 1.807) is 6.08 Å². The molecule has 6 nitrogen and oxygen atoms in total. The highest BCUT2D eigenvalue weighted by atomic mass is 32.2. The molecule has 2 aromatic heterocycles. The van der Waals surface area contributed by atoms with Crippen LogP contribution in [0.3, 0.4) is 0 Å². The van der Waals surface area contributed by atoms with Crippen LogP contribution in [-0.4, -0.2) is 31.4 Å². The Kier molecular flexibility index (Phi) is 6.31. The van der Waals surface area contributed by atoms with Crippen LogP contribution in [0.15, 0.2) is 35.3 Å². The van der Waals surface area contributed by atoms with Crippen LogP contribution in [0, 0.1) is 27.7 Å². The summed E-state index contributed by atoms with van der Waals surface area (Å²) in [6, 6.07) is 4.32. The van der Waals surface area contributed by atoms with E-state index in [1.807, 2.05) is 16.9 Å². The Morgan fingerprint density at radius 1 is 1.21 bits per heavy atom. The van der Waals surface area contributed by atoms with E-state index in [4.69, 9.17) is 0 Å². The molecule has 2 heterocycles. The monoisotopic (exact) mass is 413 g/mol. The number of allylic oxidation sites excluding steroid dienone is 1. The third-order valence-electron chi connectivity index (χ3n) is 4.41. The summed E-state index contributed by atoms with van der Waals surface area (Å²) < 4.78 is 1.93. The molecule has 0 spiro atoms. The minimum Gasteiger partial charge on any atom is -0.302 e. The van der Waals surface area contributed by atoms with Crippen molar-refractivity contribution >= 4 is 34.1 Å². The van der Waals surface area contributed by atoms with Gasteiger partial charge in [0.2, 0.25) is 5.91 Å². The molecule has 8 heteroatoms. The lowest BCUT2D eigenvalue weighted by Gasteiger charge is -2.07. The number of benzene rings is 1. The second kappa shape index (κ2) is 8.70. The van der Waals surface area contributed by atoms with Crippen LogP contribution in [-0.2, 0) is 11.3 Å². The van der Waals surface area contributed by atoms with Gasteiger partial charge < -0.3 is 9.88 Å². The summed E-state index contributed by atoms with van der Waals surface area (Å²) in [6.45, 7) is 12.5. The molecule has 0 saturated carbocycles. The van der Waals surface area contributed by atoms with E-state index in [2.05, 4.69) is 60.0 Å². The van der Waals surface area contributed by atoms with E-state index >= 15 is 0 Å². The van der Waals surface area contributed by atoms with Crippen LogP contribution < -0.4 is 5.32 Å². The number of rotatable bonds is 7. The molecular weight excluding hydrogens is 390 g/mol. The van der Waals surface area contributed by atoms with Crippen LogP contribution in [0.5, 0.6) is 0 Å². The topological polar surface area (TPSA) is 72.7 Å². The van der Waals surface area contributed by atoms with Gasteiger partial charge in [-0.15, -0.1) is 28.1 Å². The van der Waals surface area contributed by atoms with Gasteiger partial charge in [0.15, 0.2) is 10.3 Å². The molecule has 3 rings (SSSR count). The number of anilines is 1. The maximum atomic E-state index is 12.3. The molecule has 0 saturated heterocycles. The van der Waals surface area contributed by atoms with Crippen molar-refractivity contribution in [2.45, 2.75) is 39.4 Å². The van der Waals surface area contributed by atoms with Gasteiger partial charge in [-0.3, -0.25) is 4.79 Å². The first kappa shape index (κ1) is 20.3. The molecule has 28 heavy (non-hydrogen) atoms. The average molecular weight is 414 g/mol. The Balaban J connectivity index is 1.65. The molecule has 1 amide bonds. The van der Waals surface area contributed by atoms with Gasteiger partial charge in [-0.05, 0) is 50.5 Å². The van der Waals surface area contributed by atoms with Gasteiger partial charge in [-0.25, -0.2) is 4.98 Å². The lowest BCUT2D eigenvalue weighted by Crippen LogP contribution is -2.14. The maximum Gasteiger partial charge on any atom is 0.236 e. The number of carbonyl (C=O) groups excluding carboxylic acids is 1. The van der Waals surface area contributed by atoms with Gasteiger partial charge in [0.05, 0.1) is 11.4 Å². The lowest BCUT2D eigenvalue weighted by atomic mass is 9.99. The Bertz CT molecular complexity index is 1020. The fourth-order valence-corrected chi connectivity index (χ4v) is 4.30. The number of aromatic nitrogens is 4. The molecule has 0 fully saturated rings. The molecule has 0 radical (unpaired) electrons. The number of hydrogen-bond donors (Lipinski definition) is 1. The smallest absolute Gasteiger partial charge is 0.236 e. The number of thioether (sulfide) groups is 1. The van der Waals surface area contributed by atoms with Crippen molar-refractivity contribution in [1.82, 2.24) is 19.7 Å². The number of aryl methyl sites for hydroxylation is 4. The number of nitrogens with zero attached hydrogens (tertiary/aromatic N) is 4. The molecule has 146 valence electrons. The minimum atomic E-state index is -0.117.